The maximum absolute atomic E-state index is 13.4. The Morgan fingerprint density at radius 2 is 1.79 bits per heavy atom. The van der Waals surface area contributed by atoms with Crippen LogP contribution in [0.3, 0.4) is 0 Å². The van der Waals surface area contributed by atoms with Crippen LogP contribution in [-0.2, 0) is 14.6 Å². The van der Waals surface area contributed by atoms with Crippen LogP contribution in [0.25, 0.3) is 10.4 Å². The first-order valence-corrected chi connectivity index (χ1v) is 15.6. The van der Waals surface area contributed by atoms with E-state index in [4.69, 9.17) is 9.72 Å². The molecule has 3 aromatic rings. The van der Waals surface area contributed by atoms with E-state index >= 15 is 0 Å². The van der Waals surface area contributed by atoms with Crippen molar-refractivity contribution in [2.24, 2.45) is 0 Å². The second-order valence-corrected chi connectivity index (χ2v) is 13.8. The molecule has 0 radical (unpaired) electrons. The quantitative estimate of drug-likeness (QED) is 0.334. The third-order valence-corrected chi connectivity index (χ3v) is 10.5. The number of carbonyl (C=O) groups excluding carboxylic acids is 1. The van der Waals surface area contributed by atoms with Gasteiger partial charge in [-0.15, -0.1) is 11.3 Å². The van der Waals surface area contributed by atoms with Gasteiger partial charge in [-0.25, -0.2) is 23.2 Å². The third kappa shape index (κ3) is 6.18. The zero-order valence-corrected chi connectivity index (χ0v) is 23.6. The highest BCUT2D eigenvalue weighted by molar-refractivity contribution is 7.92. The number of pyridine rings is 1. The van der Waals surface area contributed by atoms with Crippen LogP contribution >= 0.6 is 11.3 Å². The molecule has 2 heterocycles. The minimum Gasteiger partial charge on any atom is -0.447 e. The monoisotopic (exact) mass is 554 g/mol. The number of nitrogens with one attached hydrogen (secondary N) is 2. The minimum atomic E-state index is -3.44. The number of anilines is 2. The summed E-state index contributed by atoms with van der Waals surface area (Å²) < 4.78 is 32.1. The molecule has 0 bridgehead atoms. The van der Waals surface area contributed by atoms with E-state index in [2.05, 4.69) is 15.6 Å². The standard InChI is InChI=1S/C28H34N4O4S2/c1-17(2)36-28(33)32-20-7-5-19(6-8-20)27-30-16-24(37-27)23-12-9-21(31-26-13-4-18(3)15-29-26)14-25(23)38(34,35)22-10-11-22/h4,9,12-17,19-20,22H,5-8,10-11H2,1-3H3,(H,29,31)(H,32,33). The second-order valence-electron chi connectivity index (χ2n) is 10.5. The number of sulfone groups is 1. The average molecular weight is 555 g/mol. The molecule has 202 valence electrons. The number of thiazole rings is 1. The van der Waals surface area contributed by atoms with Crippen LogP contribution in [0, 0.1) is 6.92 Å². The lowest BCUT2D eigenvalue weighted by atomic mass is 9.86. The Morgan fingerprint density at radius 3 is 2.45 bits per heavy atom. The number of ether oxygens (including phenoxy) is 1. The predicted molar refractivity (Wildman–Crippen MR) is 150 cm³/mol. The van der Waals surface area contributed by atoms with Gasteiger partial charge in [0.25, 0.3) is 0 Å². The van der Waals surface area contributed by atoms with E-state index in [9.17, 15) is 13.2 Å². The summed E-state index contributed by atoms with van der Waals surface area (Å²) >= 11 is 1.57. The van der Waals surface area contributed by atoms with Crippen molar-refractivity contribution in [3.8, 4) is 10.4 Å². The summed E-state index contributed by atoms with van der Waals surface area (Å²) in [5, 5.41) is 6.91. The number of hydrogen-bond acceptors (Lipinski definition) is 8. The molecular formula is C28H34N4O4S2. The van der Waals surface area contributed by atoms with Gasteiger partial charge >= 0.3 is 6.09 Å². The Bertz CT molecular complexity index is 1390. The molecule has 2 fully saturated rings. The van der Waals surface area contributed by atoms with Gasteiger partial charge in [0.1, 0.15) is 5.82 Å². The molecule has 8 nitrogen and oxygen atoms in total. The first-order chi connectivity index (χ1) is 18.2. The highest BCUT2D eigenvalue weighted by Crippen LogP contribution is 2.43. The van der Waals surface area contributed by atoms with Gasteiger partial charge in [0.15, 0.2) is 9.84 Å². The number of carbonyl (C=O) groups is 1. The van der Waals surface area contributed by atoms with Crippen LogP contribution in [-0.4, -0.2) is 41.9 Å². The number of rotatable bonds is 8. The van der Waals surface area contributed by atoms with Crippen molar-refractivity contribution < 1.29 is 17.9 Å². The zero-order chi connectivity index (χ0) is 26.9. The summed E-state index contributed by atoms with van der Waals surface area (Å²) in [6.07, 6.45) is 8.04. The smallest absolute Gasteiger partial charge is 0.407 e. The molecule has 0 unspecified atom stereocenters. The number of benzene rings is 1. The zero-order valence-electron chi connectivity index (χ0n) is 21.9. The topological polar surface area (TPSA) is 110 Å². The molecule has 0 saturated heterocycles. The molecule has 2 aliphatic rings. The van der Waals surface area contributed by atoms with Crippen molar-refractivity contribution in [1.29, 1.82) is 0 Å². The maximum Gasteiger partial charge on any atom is 0.407 e. The van der Waals surface area contributed by atoms with Crippen LogP contribution in [0.15, 0.2) is 47.6 Å². The van der Waals surface area contributed by atoms with Crippen LogP contribution in [0.1, 0.15) is 68.9 Å². The van der Waals surface area contributed by atoms with Gasteiger partial charge in [-0.1, -0.05) is 12.1 Å². The van der Waals surface area contributed by atoms with Crippen LogP contribution in [0.2, 0.25) is 0 Å². The SMILES string of the molecule is Cc1ccc(Nc2ccc(-c3cnc(C4CCC(NC(=O)OC(C)C)CC4)s3)c(S(=O)(=O)C3CC3)c2)nc1. The van der Waals surface area contributed by atoms with Crippen molar-refractivity contribution in [1.82, 2.24) is 15.3 Å². The van der Waals surface area contributed by atoms with Crippen LogP contribution in [0.4, 0.5) is 16.3 Å². The molecular weight excluding hydrogens is 520 g/mol. The molecule has 2 aromatic heterocycles. The molecule has 5 rings (SSSR count). The molecule has 1 aromatic carbocycles. The normalized spacial score (nSPS) is 19.8. The molecule has 38 heavy (non-hydrogen) atoms. The van der Waals surface area contributed by atoms with Crippen molar-refractivity contribution in [2.75, 3.05) is 5.32 Å². The molecule has 2 aliphatic carbocycles. The van der Waals surface area contributed by atoms with E-state index in [-0.39, 0.29) is 23.5 Å². The van der Waals surface area contributed by atoms with Crippen molar-refractivity contribution >= 4 is 38.8 Å². The number of nitrogens with zero attached hydrogens (tertiary/aromatic N) is 2. The lowest BCUT2D eigenvalue weighted by Gasteiger charge is -2.28. The Hall–Kier alpha value is -2.98. The van der Waals surface area contributed by atoms with Gasteiger partial charge in [0, 0.05) is 35.6 Å². The predicted octanol–water partition coefficient (Wildman–Crippen LogP) is 6.35. The molecule has 0 aliphatic heterocycles. The van der Waals surface area contributed by atoms with Gasteiger partial charge in [-0.3, -0.25) is 0 Å². The number of alkyl carbamates (subject to hydrolysis) is 1. The van der Waals surface area contributed by atoms with Crippen molar-refractivity contribution in [3.63, 3.8) is 0 Å². The van der Waals surface area contributed by atoms with Gasteiger partial charge in [0.2, 0.25) is 0 Å². The van der Waals surface area contributed by atoms with Gasteiger partial charge in [-0.2, -0.15) is 0 Å². The van der Waals surface area contributed by atoms with Crippen LogP contribution < -0.4 is 10.6 Å². The number of aromatic nitrogens is 2. The summed E-state index contributed by atoms with van der Waals surface area (Å²) in [6, 6.07) is 9.46. The summed E-state index contributed by atoms with van der Waals surface area (Å²) in [5.41, 5.74) is 2.45. The van der Waals surface area contributed by atoms with E-state index in [0.29, 0.717) is 40.7 Å². The van der Waals surface area contributed by atoms with E-state index in [1.165, 1.54) is 0 Å². The molecule has 2 saturated carbocycles. The summed E-state index contributed by atoms with van der Waals surface area (Å²) in [6.45, 7) is 5.65. The van der Waals surface area contributed by atoms with Crippen molar-refractivity contribution in [2.45, 2.75) is 87.5 Å². The Kier molecular flexibility index (Phi) is 7.72. The molecule has 10 heteroatoms. The average Bonchev–Trinajstić information content (AvgIpc) is 3.64. The fraction of sp³-hybridized carbons (Fsp3) is 0.464. The molecule has 2 N–H and O–H groups in total. The van der Waals surface area contributed by atoms with Gasteiger partial charge in [-0.05, 0) is 83.1 Å². The Morgan fingerprint density at radius 1 is 1.03 bits per heavy atom. The second kappa shape index (κ2) is 11.0. The van der Waals surface area contributed by atoms with E-state index in [0.717, 1.165) is 41.1 Å². The van der Waals surface area contributed by atoms with E-state index < -0.39 is 9.84 Å². The Balaban J connectivity index is 1.33. The number of hydrogen-bond donors (Lipinski definition) is 2. The summed E-state index contributed by atoms with van der Waals surface area (Å²) in [7, 11) is -3.44. The highest BCUT2D eigenvalue weighted by atomic mass is 32.2. The molecule has 0 spiro atoms. The minimum absolute atomic E-state index is 0.107. The van der Waals surface area contributed by atoms with E-state index in [1.54, 1.807) is 29.8 Å². The molecule has 0 atom stereocenters. The maximum atomic E-state index is 13.4. The highest BCUT2D eigenvalue weighted by Gasteiger charge is 2.39. The number of amides is 1. The fourth-order valence-electron chi connectivity index (χ4n) is 4.79. The summed E-state index contributed by atoms with van der Waals surface area (Å²) in [4.78, 5) is 22.2. The largest absolute Gasteiger partial charge is 0.447 e. The Labute approximate surface area is 228 Å². The number of aryl methyl sites for hydroxylation is 1. The molecule has 1 amide bonds. The lowest BCUT2D eigenvalue weighted by molar-refractivity contribution is 0.109. The van der Waals surface area contributed by atoms with E-state index in [1.807, 2.05) is 45.0 Å². The van der Waals surface area contributed by atoms with Crippen LogP contribution in [0.5, 0.6) is 0 Å². The van der Waals surface area contributed by atoms with Gasteiger partial charge in [0.05, 0.1) is 26.1 Å². The first kappa shape index (κ1) is 26.6. The summed E-state index contributed by atoms with van der Waals surface area (Å²) in [5.74, 6) is 0.964. The first-order valence-electron chi connectivity index (χ1n) is 13.2. The van der Waals surface area contributed by atoms with Crippen molar-refractivity contribution in [3.05, 3.63) is 53.3 Å². The van der Waals surface area contributed by atoms with Gasteiger partial charge < -0.3 is 15.4 Å². The lowest BCUT2D eigenvalue weighted by Crippen LogP contribution is -2.38. The fourth-order valence-corrected chi connectivity index (χ4v) is 7.87. The third-order valence-electron chi connectivity index (χ3n) is 6.97.